The molecule has 1 aromatic carbocycles. The molecule has 0 aliphatic heterocycles. The Bertz CT molecular complexity index is 549. The monoisotopic (exact) mass is 316 g/mol. The van der Waals surface area contributed by atoms with Crippen molar-refractivity contribution in [3.63, 3.8) is 0 Å². The van der Waals surface area contributed by atoms with E-state index in [-0.39, 0.29) is 6.42 Å². The number of hydrogen-bond donors (Lipinski definition) is 1. The summed E-state index contributed by atoms with van der Waals surface area (Å²) in [4.78, 5) is 10.5. The lowest BCUT2D eigenvalue weighted by atomic mass is 10.0. The number of carboxylic acid groups (broad SMARTS) is 1. The molecule has 0 spiro atoms. The van der Waals surface area contributed by atoms with Gasteiger partial charge in [0.1, 0.15) is 11.9 Å². The number of aliphatic carboxylic acids is 1. The van der Waals surface area contributed by atoms with Gasteiger partial charge in [0.2, 0.25) is 0 Å². The molecule has 0 aliphatic carbocycles. The lowest BCUT2D eigenvalue weighted by Crippen LogP contribution is -2.11. The van der Waals surface area contributed by atoms with Crippen LogP contribution < -0.4 is 4.74 Å². The Kier molecular flexibility index (Phi) is 6.64. The van der Waals surface area contributed by atoms with Gasteiger partial charge in [-0.15, -0.1) is 0 Å². The van der Waals surface area contributed by atoms with Gasteiger partial charge < -0.3 is 9.84 Å². The Morgan fingerprint density at radius 1 is 1.29 bits per heavy atom. The number of carboxylic acids is 1. The molecule has 1 atom stereocenters. The van der Waals surface area contributed by atoms with E-state index in [1.807, 2.05) is 6.92 Å². The average Bonchev–Trinajstić information content (AvgIpc) is 2.37. The Morgan fingerprint density at radius 3 is 2.38 bits per heavy atom. The molecule has 0 bridgehead atoms. The maximum atomic E-state index is 11.3. The molecule has 6 nitrogen and oxygen atoms in total. The van der Waals surface area contributed by atoms with Gasteiger partial charge in [-0.25, -0.2) is 0 Å². The van der Waals surface area contributed by atoms with Crippen LogP contribution in [0.1, 0.15) is 37.9 Å². The number of carbonyl (C=O) groups is 1. The highest BCUT2D eigenvalue weighted by atomic mass is 32.2. The summed E-state index contributed by atoms with van der Waals surface area (Å²) < 4.78 is 33.0. The van der Waals surface area contributed by atoms with Crippen molar-refractivity contribution < 1.29 is 27.2 Å². The van der Waals surface area contributed by atoms with Gasteiger partial charge in [-0.05, 0) is 37.5 Å². The molecule has 0 aliphatic rings. The lowest BCUT2D eigenvalue weighted by molar-refractivity contribution is -0.137. The predicted molar refractivity (Wildman–Crippen MR) is 77.8 cm³/mol. The second kappa shape index (κ2) is 7.99. The van der Waals surface area contributed by atoms with Crippen molar-refractivity contribution in [1.82, 2.24) is 0 Å². The van der Waals surface area contributed by atoms with E-state index in [0.29, 0.717) is 30.8 Å². The Morgan fingerprint density at radius 2 is 1.90 bits per heavy atom. The second-order valence-electron chi connectivity index (χ2n) is 4.58. The lowest BCUT2D eigenvalue weighted by Gasteiger charge is -2.16. The highest BCUT2D eigenvalue weighted by molar-refractivity contribution is 7.86. The summed E-state index contributed by atoms with van der Waals surface area (Å²) in [6, 6.07) is 6.91. The van der Waals surface area contributed by atoms with Crippen LogP contribution in [0.5, 0.6) is 5.75 Å². The summed E-state index contributed by atoms with van der Waals surface area (Å²) in [6.07, 6.45) is 0.915. The van der Waals surface area contributed by atoms with Crippen molar-refractivity contribution in [1.29, 1.82) is 0 Å². The van der Waals surface area contributed by atoms with Gasteiger partial charge in [-0.2, -0.15) is 8.42 Å². The van der Waals surface area contributed by atoms with Gasteiger partial charge in [0.25, 0.3) is 10.1 Å². The normalized spacial score (nSPS) is 12.9. The van der Waals surface area contributed by atoms with Crippen molar-refractivity contribution in [2.75, 3.05) is 12.9 Å². The van der Waals surface area contributed by atoms with Gasteiger partial charge in [0, 0.05) is 6.42 Å². The summed E-state index contributed by atoms with van der Waals surface area (Å²) >= 11 is 0. The van der Waals surface area contributed by atoms with Crippen molar-refractivity contribution >= 4 is 16.1 Å². The number of ether oxygens (including phenoxy) is 1. The van der Waals surface area contributed by atoms with Crippen molar-refractivity contribution in [3.8, 4) is 5.75 Å². The largest absolute Gasteiger partial charge is 0.494 e. The molecule has 118 valence electrons. The highest BCUT2D eigenvalue weighted by Gasteiger charge is 2.18. The molecule has 1 rings (SSSR count). The first-order chi connectivity index (χ1) is 9.81. The third-order valence-electron chi connectivity index (χ3n) is 2.71. The molecule has 0 radical (unpaired) electrons. The van der Waals surface area contributed by atoms with Gasteiger partial charge in [-0.1, -0.05) is 12.1 Å². The molecule has 0 heterocycles. The summed E-state index contributed by atoms with van der Waals surface area (Å²) in [5.74, 6) is -0.232. The fourth-order valence-electron chi connectivity index (χ4n) is 1.87. The van der Waals surface area contributed by atoms with Crippen molar-refractivity contribution in [3.05, 3.63) is 29.8 Å². The minimum atomic E-state index is -3.62. The second-order valence-corrected chi connectivity index (χ2v) is 6.18. The quantitative estimate of drug-likeness (QED) is 0.703. The molecule has 0 aromatic heterocycles. The molecular weight excluding hydrogens is 296 g/mol. The summed E-state index contributed by atoms with van der Waals surface area (Å²) in [5.41, 5.74) is 0.675. The SMILES string of the molecule is CCOc1ccc(C(CCCC(=O)O)OS(C)(=O)=O)cc1. The van der Waals surface area contributed by atoms with E-state index >= 15 is 0 Å². The smallest absolute Gasteiger partial charge is 0.303 e. The van der Waals surface area contributed by atoms with Crippen molar-refractivity contribution in [2.45, 2.75) is 32.3 Å². The average molecular weight is 316 g/mol. The molecule has 0 fully saturated rings. The van der Waals surface area contributed by atoms with E-state index in [4.69, 9.17) is 14.0 Å². The fraction of sp³-hybridized carbons (Fsp3) is 0.500. The highest BCUT2D eigenvalue weighted by Crippen LogP contribution is 2.27. The first-order valence-corrected chi connectivity index (χ1v) is 8.46. The minimum Gasteiger partial charge on any atom is -0.494 e. The Labute approximate surface area is 124 Å². The molecule has 21 heavy (non-hydrogen) atoms. The zero-order valence-corrected chi connectivity index (χ0v) is 12.9. The van der Waals surface area contributed by atoms with Crippen LogP contribution in [0.2, 0.25) is 0 Å². The molecule has 1 unspecified atom stereocenters. The molecule has 0 amide bonds. The van der Waals surface area contributed by atoms with Crippen LogP contribution in [0.3, 0.4) is 0 Å². The number of hydrogen-bond acceptors (Lipinski definition) is 5. The predicted octanol–water partition coefficient (Wildman–Crippen LogP) is 2.36. The van der Waals surface area contributed by atoms with Gasteiger partial charge >= 0.3 is 5.97 Å². The van der Waals surface area contributed by atoms with Crippen LogP contribution in [0.25, 0.3) is 0 Å². The minimum absolute atomic E-state index is 0.0271. The number of rotatable bonds is 9. The maximum Gasteiger partial charge on any atom is 0.303 e. The third kappa shape index (κ3) is 7.10. The van der Waals surface area contributed by atoms with E-state index in [1.54, 1.807) is 24.3 Å². The summed E-state index contributed by atoms with van der Waals surface area (Å²) in [6.45, 7) is 2.41. The first kappa shape index (κ1) is 17.5. The summed E-state index contributed by atoms with van der Waals surface area (Å²) in [5, 5.41) is 8.65. The van der Waals surface area contributed by atoms with Crippen LogP contribution in [0, 0.1) is 0 Å². The maximum absolute atomic E-state index is 11.3. The van der Waals surface area contributed by atoms with Crippen LogP contribution in [-0.4, -0.2) is 32.4 Å². The Hall–Kier alpha value is -1.60. The van der Waals surface area contributed by atoms with Crippen LogP contribution in [-0.2, 0) is 19.1 Å². The van der Waals surface area contributed by atoms with E-state index in [0.717, 1.165) is 6.26 Å². The molecule has 1 aromatic rings. The van der Waals surface area contributed by atoms with Gasteiger partial charge in [-0.3, -0.25) is 8.98 Å². The first-order valence-electron chi connectivity index (χ1n) is 6.64. The van der Waals surface area contributed by atoms with E-state index < -0.39 is 22.2 Å². The molecule has 1 N–H and O–H groups in total. The van der Waals surface area contributed by atoms with Crippen LogP contribution in [0.4, 0.5) is 0 Å². The molecule has 0 saturated heterocycles. The molecule has 7 heteroatoms. The standard InChI is InChI=1S/C14H20O6S/c1-3-19-12-9-7-11(8-10-12)13(20-21(2,17)18)5-4-6-14(15)16/h7-10,13H,3-6H2,1-2H3,(H,15,16). The number of benzene rings is 1. The molecular formula is C14H20O6S. The van der Waals surface area contributed by atoms with Crippen molar-refractivity contribution in [2.24, 2.45) is 0 Å². The van der Waals surface area contributed by atoms with E-state index in [2.05, 4.69) is 0 Å². The zero-order valence-electron chi connectivity index (χ0n) is 12.1. The fourth-order valence-corrected chi connectivity index (χ4v) is 2.49. The Balaban J connectivity index is 2.81. The van der Waals surface area contributed by atoms with Gasteiger partial charge in [0.15, 0.2) is 0 Å². The van der Waals surface area contributed by atoms with Crippen LogP contribution >= 0.6 is 0 Å². The van der Waals surface area contributed by atoms with Gasteiger partial charge in [0.05, 0.1) is 12.9 Å². The van der Waals surface area contributed by atoms with E-state index in [1.165, 1.54) is 0 Å². The summed E-state index contributed by atoms with van der Waals surface area (Å²) in [7, 11) is -3.62. The molecule has 0 saturated carbocycles. The zero-order chi connectivity index (χ0) is 15.9. The third-order valence-corrected chi connectivity index (χ3v) is 3.29. The van der Waals surface area contributed by atoms with Crippen LogP contribution in [0.15, 0.2) is 24.3 Å². The topological polar surface area (TPSA) is 89.9 Å². The van der Waals surface area contributed by atoms with E-state index in [9.17, 15) is 13.2 Å².